The van der Waals surface area contributed by atoms with Gasteiger partial charge in [0.15, 0.2) is 4.34 Å². The van der Waals surface area contributed by atoms with E-state index in [9.17, 15) is 4.79 Å². The maximum absolute atomic E-state index is 12.0. The van der Waals surface area contributed by atoms with Gasteiger partial charge in [-0.3, -0.25) is 4.79 Å². The highest BCUT2D eigenvalue weighted by Gasteiger charge is 2.33. The van der Waals surface area contributed by atoms with Crippen LogP contribution in [0.3, 0.4) is 0 Å². The third-order valence-corrected chi connectivity index (χ3v) is 5.73. The van der Waals surface area contributed by atoms with Crippen molar-refractivity contribution in [1.82, 2.24) is 10.2 Å². The third-order valence-electron chi connectivity index (χ3n) is 3.90. The average molecular weight is 314 g/mol. The van der Waals surface area contributed by atoms with Gasteiger partial charge in [0.05, 0.1) is 5.75 Å². The maximum atomic E-state index is 12.0. The lowest BCUT2D eigenvalue weighted by atomic mass is 9.75. The minimum Gasteiger partial charge on any atom is -0.461 e. The Bertz CT molecular complexity index is 423. The van der Waals surface area contributed by atoms with E-state index < -0.39 is 0 Å². The molecule has 0 bridgehead atoms. The fourth-order valence-corrected chi connectivity index (χ4v) is 4.07. The van der Waals surface area contributed by atoms with Crippen molar-refractivity contribution < 1.29 is 9.53 Å². The largest absolute Gasteiger partial charge is 0.461 e. The van der Waals surface area contributed by atoms with E-state index in [1.807, 2.05) is 0 Å². The summed E-state index contributed by atoms with van der Waals surface area (Å²) >= 11 is 2.85. The fraction of sp³-hybridized carbons (Fsp3) is 0.786. The first-order chi connectivity index (χ1) is 9.56. The van der Waals surface area contributed by atoms with Crippen LogP contribution in [0, 0.1) is 17.8 Å². The standard InChI is InChI=1S/C14H22N2O2S2/c1-9(2)11-5-4-10(3)6-12(11)18-13(17)7-19-14-16-15-8-20-14/h8-12H,4-7H2,1-3H3. The van der Waals surface area contributed by atoms with Gasteiger partial charge in [-0.15, -0.1) is 10.2 Å². The van der Waals surface area contributed by atoms with E-state index in [0.29, 0.717) is 23.5 Å². The van der Waals surface area contributed by atoms with Crippen molar-refractivity contribution in [2.24, 2.45) is 17.8 Å². The zero-order valence-electron chi connectivity index (χ0n) is 12.2. The summed E-state index contributed by atoms with van der Waals surface area (Å²) in [6, 6.07) is 0. The molecule has 0 saturated heterocycles. The number of hydrogen-bond acceptors (Lipinski definition) is 6. The van der Waals surface area contributed by atoms with Crippen molar-refractivity contribution in [3.63, 3.8) is 0 Å². The molecule has 1 saturated carbocycles. The van der Waals surface area contributed by atoms with E-state index in [2.05, 4.69) is 31.0 Å². The molecule has 0 aliphatic heterocycles. The van der Waals surface area contributed by atoms with Gasteiger partial charge in [0.25, 0.3) is 0 Å². The molecule has 2 rings (SSSR count). The molecule has 20 heavy (non-hydrogen) atoms. The molecule has 0 N–H and O–H groups in total. The summed E-state index contributed by atoms with van der Waals surface area (Å²) in [5.41, 5.74) is 1.67. The first-order valence-electron chi connectivity index (χ1n) is 7.14. The summed E-state index contributed by atoms with van der Waals surface area (Å²) in [6.45, 7) is 6.68. The number of rotatable bonds is 5. The predicted octanol–water partition coefficient (Wildman–Crippen LogP) is 3.63. The predicted molar refractivity (Wildman–Crippen MR) is 81.9 cm³/mol. The van der Waals surface area contributed by atoms with Gasteiger partial charge in [-0.1, -0.05) is 50.3 Å². The molecule has 0 amide bonds. The van der Waals surface area contributed by atoms with Crippen LogP contribution in [0.15, 0.2) is 9.85 Å². The molecule has 1 aliphatic rings. The first-order valence-corrected chi connectivity index (χ1v) is 9.01. The molecule has 6 heteroatoms. The Kier molecular flexibility index (Phi) is 5.84. The van der Waals surface area contributed by atoms with E-state index in [0.717, 1.165) is 10.8 Å². The van der Waals surface area contributed by atoms with Gasteiger partial charge in [0.1, 0.15) is 11.6 Å². The number of nitrogens with zero attached hydrogens (tertiary/aromatic N) is 2. The van der Waals surface area contributed by atoms with E-state index >= 15 is 0 Å². The quantitative estimate of drug-likeness (QED) is 0.613. The van der Waals surface area contributed by atoms with Crippen LogP contribution < -0.4 is 0 Å². The molecule has 0 radical (unpaired) electrons. The van der Waals surface area contributed by atoms with Crippen molar-refractivity contribution in [3.8, 4) is 0 Å². The SMILES string of the molecule is CC1CCC(C(C)C)C(OC(=O)CSc2nncs2)C1. The van der Waals surface area contributed by atoms with Gasteiger partial charge in [-0.2, -0.15) is 0 Å². The second-order valence-electron chi connectivity index (χ2n) is 5.85. The summed E-state index contributed by atoms with van der Waals surface area (Å²) < 4.78 is 6.55. The van der Waals surface area contributed by atoms with Crippen LogP contribution in [0.1, 0.15) is 40.0 Å². The number of carbonyl (C=O) groups excluding carboxylic acids is 1. The van der Waals surface area contributed by atoms with Crippen molar-refractivity contribution >= 4 is 29.1 Å². The summed E-state index contributed by atoms with van der Waals surface area (Å²) in [5.74, 6) is 1.91. The normalized spacial score (nSPS) is 26.7. The second kappa shape index (κ2) is 7.41. The number of carbonyl (C=O) groups is 1. The Morgan fingerprint density at radius 3 is 3.00 bits per heavy atom. The molecular formula is C14H22N2O2S2. The highest BCUT2D eigenvalue weighted by Crippen LogP contribution is 2.35. The number of hydrogen-bond donors (Lipinski definition) is 0. The van der Waals surface area contributed by atoms with E-state index in [1.165, 1.54) is 35.9 Å². The Morgan fingerprint density at radius 2 is 2.35 bits per heavy atom. The smallest absolute Gasteiger partial charge is 0.316 e. The summed E-state index contributed by atoms with van der Waals surface area (Å²) in [7, 11) is 0. The zero-order chi connectivity index (χ0) is 14.5. The zero-order valence-corrected chi connectivity index (χ0v) is 13.9. The average Bonchev–Trinajstić information content (AvgIpc) is 2.89. The van der Waals surface area contributed by atoms with E-state index in [-0.39, 0.29) is 12.1 Å². The molecule has 0 spiro atoms. The fourth-order valence-electron chi connectivity index (χ4n) is 2.80. The Balaban J connectivity index is 1.84. The first kappa shape index (κ1) is 15.8. The molecule has 1 aromatic rings. The Labute approximate surface area is 128 Å². The lowest BCUT2D eigenvalue weighted by molar-refractivity contribution is -0.152. The summed E-state index contributed by atoms with van der Waals surface area (Å²) in [4.78, 5) is 12.0. The summed E-state index contributed by atoms with van der Waals surface area (Å²) in [5, 5.41) is 7.67. The van der Waals surface area contributed by atoms with Crippen molar-refractivity contribution in [1.29, 1.82) is 0 Å². The van der Waals surface area contributed by atoms with Crippen molar-refractivity contribution in [2.75, 3.05) is 5.75 Å². The minimum atomic E-state index is -0.130. The molecule has 1 heterocycles. The Morgan fingerprint density at radius 1 is 1.55 bits per heavy atom. The molecule has 1 aliphatic carbocycles. The number of thioether (sulfide) groups is 1. The lowest BCUT2D eigenvalue weighted by Crippen LogP contribution is -2.36. The number of aromatic nitrogens is 2. The van der Waals surface area contributed by atoms with Crippen LogP contribution in [0.2, 0.25) is 0 Å². The van der Waals surface area contributed by atoms with Crippen LogP contribution in [0.25, 0.3) is 0 Å². The number of ether oxygens (including phenoxy) is 1. The summed E-state index contributed by atoms with van der Waals surface area (Å²) in [6.07, 6.45) is 3.50. The van der Waals surface area contributed by atoms with Crippen LogP contribution >= 0.6 is 23.1 Å². The molecule has 4 nitrogen and oxygen atoms in total. The minimum absolute atomic E-state index is 0.0845. The van der Waals surface area contributed by atoms with E-state index in [4.69, 9.17) is 4.74 Å². The van der Waals surface area contributed by atoms with Crippen LogP contribution in [-0.2, 0) is 9.53 Å². The maximum Gasteiger partial charge on any atom is 0.316 e. The van der Waals surface area contributed by atoms with Gasteiger partial charge in [0.2, 0.25) is 0 Å². The van der Waals surface area contributed by atoms with Crippen molar-refractivity contribution in [2.45, 2.75) is 50.5 Å². The number of esters is 1. The molecule has 1 fully saturated rings. The van der Waals surface area contributed by atoms with E-state index in [1.54, 1.807) is 5.51 Å². The van der Waals surface area contributed by atoms with Gasteiger partial charge in [-0.05, 0) is 30.6 Å². The van der Waals surface area contributed by atoms with Crippen molar-refractivity contribution in [3.05, 3.63) is 5.51 Å². The molecular weight excluding hydrogens is 292 g/mol. The lowest BCUT2D eigenvalue weighted by Gasteiger charge is -2.36. The Hall–Kier alpha value is -0.620. The van der Waals surface area contributed by atoms with Gasteiger partial charge >= 0.3 is 5.97 Å². The van der Waals surface area contributed by atoms with Crippen LogP contribution in [-0.4, -0.2) is 28.0 Å². The van der Waals surface area contributed by atoms with Crippen LogP contribution in [0.4, 0.5) is 0 Å². The topological polar surface area (TPSA) is 52.1 Å². The third kappa shape index (κ3) is 4.45. The van der Waals surface area contributed by atoms with Gasteiger partial charge in [0, 0.05) is 0 Å². The molecule has 3 unspecified atom stereocenters. The highest BCUT2D eigenvalue weighted by molar-refractivity contribution is 8.01. The van der Waals surface area contributed by atoms with Gasteiger partial charge < -0.3 is 4.74 Å². The highest BCUT2D eigenvalue weighted by atomic mass is 32.2. The molecule has 0 aromatic carbocycles. The molecule has 1 aromatic heterocycles. The van der Waals surface area contributed by atoms with Crippen LogP contribution in [0.5, 0.6) is 0 Å². The second-order valence-corrected chi connectivity index (χ2v) is 7.90. The van der Waals surface area contributed by atoms with Gasteiger partial charge in [-0.25, -0.2) is 0 Å². The monoisotopic (exact) mass is 314 g/mol. The molecule has 3 atom stereocenters. The molecule has 112 valence electrons.